The van der Waals surface area contributed by atoms with Crippen LogP contribution in [0, 0.1) is 6.92 Å². The van der Waals surface area contributed by atoms with E-state index in [4.69, 9.17) is 5.73 Å². The van der Waals surface area contributed by atoms with E-state index in [2.05, 4.69) is 10.3 Å². The Morgan fingerprint density at radius 2 is 1.90 bits per heavy atom. The number of carbonyl (C=O) groups excluding carboxylic acids is 1. The summed E-state index contributed by atoms with van der Waals surface area (Å²) < 4.78 is 0. The lowest BCUT2D eigenvalue weighted by Gasteiger charge is -2.18. The van der Waals surface area contributed by atoms with Crippen molar-refractivity contribution in [3.63, 3.8) is 0 Å². The summed E-state index contributed by atoms with van der Waals surface area (Å²) in [6.07, 6.45) is 3.44. The van der Waals surface area contributed by atoms with Crippen LogP contribution in [0.3, 0.4) is 0 Å². The third-order valence-corrected chi connectivity index (χ3v) is 3.26. The first kappa shape index (κ1) is 14.2. The maximum atomic E-state index is 12.2. The summed E-state index contributed by atoms with van der Waals surface area (Å²) >= 11 is 0. The maximum absolute atomic E-state index is 12.2. The molecular weight excluding hydrogens is 250 g/mol. The summed E-state index contributed by atoms with van der Waals surface area (Å²) in [5, 5.41) is 2.91. The fourth-order valence-corrected chi connectivity index (χ4v) is 1.94. The van der Waals surface area contributed by atoms with Crippen molar-refractivity contribution in [2.45, 2.75) is 25.9 Å². The molecule has 0 aliphatic rings. The highest BCUT2D eigenvalue weighted by atomic mass is 16.2. The van der Waals surface area contributed by atoms with Crippen molar-refractivity contribution in [2.24, 2.45) is 5.73 Å². The molecule has 0 aliphatic heterocycles. The number of benzene rings is 1. The molecular formula is C16H19N3O. The molecule has 2 rings (SSSR count). The van der Waals surface area contributed by atoms with E-state index in [1.54, 1.807) is 12.4 Å². The van der Waals surface area contributed by atoms with Crippen molar-refractivity contribution in [3.8, 4) is 0 Å². The molecule has 1 unspecified atom stereocenters. The van der Waals surface area contributed by atoms with E-state index in [9.17, 15) is 4.79 Å². The predicted octanol–water partition coefficient (Wildman–Crippen LogP) is 2.27. The highest BCUT2D eigenvalue weighted by molar-refractivity contribution is 5.83. The van der Waals surface area contributed by atoms with Crippen molar-refractivity contribution in [1.82, 2.24) is 10.3 Å². The SMILES string of the molecule is Cc1ccc(C(N)C(=O)N[C@H](C)c2cccnc2)cc1. The Kier molecular flexibility index (Phi) is 4.48. The molecule has 1 amide bonds. The smallest absolute Gasteiger partial charge is 0.241 e. The molecule has 2 aromatic rings. The minimum Gasteiger partial charge on any atom is -0.348 e. The van der Waals surface area contributed by atoms with Crippen molar-refractivity contribution in [2.75, 3.05) is 0 Å². The van der Waals surface area contributed by atoms with Crippen LogP contribution in [-0.2, 0) is 4.79 Å². The van der Waals surface area contributed by atoms with Crippen LogP contribution in [0.2, 0.25) is 0 Å². The molecule has 3 N–H and O–H groups in total. The summed E-state index contributed by atoms with van der Waals surface area (Å²) in [5.41, 5.74) is 8.90. The normalized spacial score (nSPS) is 13.6. The van der Waals surface area contributed by atoms with Gasteiger partial charge in [-0.15, -0.1) is 0 Å². The molecule has 0 fully saturated rings. The lowest BCUT2D eigenvalue weighted by Crippen LogP contribution is -2.35. The number of aromatic nitrogens is 1. The van der Waals surface area contributed by atoms with Crippen LogP contribution >= 0.6 is 0 Å². The Morgan fingerprint density at radius 1 is 1.20 bits per heavy atom. The van der Waals surface area contributed by atoms with E-state index in [1.165, 1.54) is 0 Å². The van der Waals surface area contributed by atoms with E-state index in [0.717, 1.165) is 16.7 Å². The van der Waals surface area contributed by atoms with E-state index in [0.29, 0.717) is 0 Å². The molecule has 0 saturated heterocycles. The van der Waals surface area contributed by atoms with Crippen LogP contribution < -0.4 is 11.1 Å². The maximum Gasteiger partial charge on any atom is 0.241 e. The third-order valence-electron chi connectivity index (χ3n) is 3.26. The number of hydrogen-bond acceptors (Lipinski definition) is 3. The van der Waals surface area contributed by atoms with Crippen LogP contribution in [0.5, 0.6) is 0 Å². The first-order valence-electron chi connectivity index (χ1n) is 6.60. The van der Waals surface area contributed by atoms with Crippen LogP contribution in [-0.4, -0.2) is 10.9 Å². The number of nitrogens with zero attached hydrogens (tertiary/aromatic N) is 1. The zero-order valence-corrected chi connectivity index (χ0v) is 11.7. The van der Waals surface area contributed by atoms with Gasteiger partial charge in [-0.05, 0) is 31.0 Å². The first-order chi connectivity index (χ1) is 9.58. The van der Waals surface area contributed by atoms with Gasteiger partial charge in [0, 0.05) is 12.4 Å². The number of nitrogens with one attached hydrogen (secondary N) is 1. The molecule has 104 valence electrons. The van der Waals surface area contributed by atoms with Crippen LogP contribution in [0.25, 0.3) is 0 Å². The van der Waals surface area contributed by atoms with Crippen molar-refractivity contribution >= 4 is 5.91 Å². The van der Waals surface area contributed by atoms with Crippen molar-refractivity contribution < 1.29 is 4.79 Å². The molecule has 2 atom stereocenters. The van der Waals surface area contributed by atoms with Gasteiger partial charge in [0.25, 0.3) is 0 Å². The van der Waals surface area contributed by atoms with Gasteiger partial charge in [0.15, 0.2) is 0 Å². The lowest BCUT2D eigenvalue weighted by atomic mass is 10.0. The molecule has 4 nitrogen and oxygen atoms in total. The van der Waals surface area contributed by atoms with Gasteiger partial charge in [0.2, 0.25) is 5.91 Å². The second kappa shape index (κ2) is 6.30. The van der Waals surface area contributed by atoms with Crippen LogP contribution in [0.4, 0.5) is 0 Å². The molecule has 4 heteroatoms. The monoisotopic (exact) mass is 269 g/mol. The molecule has 1 aromatic carbocycles. The second-order valence-corrected chi connectivity index (χ2v) is 4.90. The molecule has 0 saturated carbocycles. The topological polar surface area (TPSA) is 68.0 Å². The lowest BCUT2D eigenvalue weighted by molar-refractivity contribution is -0.123. The number of hydrogen-bond donors (Lipinski definition) is 2. The number of pyridine rings is 1. The molecule has 0 bridgehead atoms. The fourth-order valence-electron chi connectivity index (χ4n) is 1.94. The summed E-state index contributed by atoms with van der Waals surface area (Å²) in [6.45, 7) is 3.91. The largest absolute Gasteiger partial charge is 0.348 e. The third kappa shape index (κ3) is 3.42. The van der Waals surface area contributed by atoms with Gasteiger partial charge in [0.05, 0.1) is 6.04 Å². The summed E-state index contributed by atoms with van der Waals surface area (Å²) in [5.74, 6) is -0.190. The van der Waals surface area contributed by atoms with E-state index in [1.807, 2.05) is 50.2 Å². The van der Waals surface area contributed by atoms with Crippen LogP contribution in [0.1, 0.15) is 35.7 Å². The average molecular weight is 269 g/mol. The Bertz CT molecular complexity index is 566. The average Bonchev–Trinajstić information content (AvgIpc) is 2.48. The van der Waals surface area contributed by atoms with Gasteiger partial charge >= 0.3 is 0 Å². The summed E-state index contributed by atoms with van der Waals surface area (Å²) in [4.78, 5) is 16.2. The first-order valence-corrected chi connectivity index (χ1v) is 6.60. The van der Waals surface area contributed by atoms with Crippen LogP contribution in [0.15, 0.2) is 48.8 Å². The quantitative estimate of drug-likeness (QED) is 0.894. The van der Waals surface area contributed by atoms with Gasteiger partial charge in [-0.3, -0.25) is 9.78 Å². The number of amides is 1. The van der Waals surface area contributed by atoms with Gasteiger partial charge < -0.3 is 11.1 Å². The van der Waals surface area contributed by atoms with Crippen molar-refractivity contribution in [3.05, 3.63) is 65.5 Å². The van der Waals surface area contributed by atoms with Gasteiger partial charge in [-0.25, -0.2) is 0 Å². The molecule has 0 aliphatic carbocycles. The molecule has 1 heterocycles. The van der Waals surface area contributed by atoms with Gasteiger partial charge in [-0.2, -0.15) is 0 Å². The van der Waals surface area contributed by atoms with E-state index < -0.39 is 6.04 Å². The number of nitrogens with two attached hydrogens (primary N) is 1. The molecule has 1 aromatic heterocycles. The van der Waals surface area contributed by atoms with Crippen molar-refractivity contribution in [1.29, 1.82) is 0 Å². The second-order valence-electron chi connectivity index (χ2n) is 4.90. The highest BCUT2D eigenvalue weighted by Gasteiger charge is 2.18. The zero-order chi connectivity index (χ0) is 14.5. The molecule has 0 spiro atoms. The highest BCUT2D eigenvalue weighted by Crippen LogP contribution is 2.15. The fraction of sp³-hybridized carbons (Fsp3) is 0.250. The predicted molar refractivity (Wildman–Crippen MR) is 78.9 cm³/mol. The zero-order valence-electron chi connectivity index (χ0n) is 11.7. The van der Waals surface area contributed by atoms with Gasteiger partial charge in [-0.1, -0.05) is 35.9 Å². The Hall–Kier alpha value is -2.20. The number of carbonyl (C=O) groups is 1. The summed E-state index contributed by atoms with van der Waals surface area (Å²) in [7, 11) is 0. The number of rotatable bonds is 4. The molecule has 20 heavy (non-hydrogen) atoms. The summed E-state index contributed by atoms with van der Waals surface area (Å²) in [6, 6.07) is 10.7. The Balaban J connectivity index is 2.02. The Morgan fingerprint density at radius 3 is 2.50 bits per heavy atom. The molecule has 0 radical (unpaired) electrons. The van der Waals surface area contributed by atoms with E-state index >= 15 is 0 Å². The van der Waals surface area contributed by atoms with Gasteiger partial charge in [0.1, 0.15) is 6.04 Å². The minimum absolute atomic E-state index is 0.118. The minimum atomic E-state index is -0.658. The standard InChI is InChI=1S/C16H19N3O/c1-11-5-7-13(8-6-11)15(17)16(20)19-12(2)14-4-3-9-18-10-14/h3-10,12,15H,17H2,1-2H3,(H,19,20)/t12-,15?/m1/s1. The number of aryl methyl sites for hydroxylation is 1. The van der Waals surface area contributed by atoms with E-state index in [-0.39, 0.29) is 11.9 Å². The Labute approximate surface area is 119 Å².